The largest absolute Gasteiger partial charge is 0.493 e. The second-order valence-corrected chi connectivity index (χ2v) is 9.64. The predicted molar refractivity (Wildman–Crippen MR) is 147 cm³/mol. The molecular formula is C30H23BrClNO3. The predicted octanol–water partition coefficient (Wildman–Crippen LogP) is 8.01. The third-order valence-corrected chi connectivity index (χ3v) is 7.31. The number of aromatic carboxylic acids is 1. The zero-order valence-corrected chi connectivity index (χ0v) is 21.6. The van der Waals surface area contributed by atoms with E-state index in [1.165, 1.54) is 11.1 Å². The lowest BCUT2D eigenvalue weighted by molar-refractivity contribution is 0.0697. The summed E-state index contributed by atoms with van der Waals surface area (Å²) < 4.78 is 9.25. The van der Waals surface area contributed by atoms with Crippen LogP contribution in [-0.4, -0.2) is 22.2 Å². The molecule has 0 bridgehead atoms. The summed E-state index contributed by atoms with van der Waals surface area (Å²) in [5, 5.41) is 10.8. The van der Waals surface area contributed by atoms with Crippen molar-refractivity contribution in [1.29, 1.82) is 0 Å². The average Bonchev–Trinajstić information content (AvgIpc) is 3.16. The molecule has 1 aromatic heterocycles. The third kappa shape index (κ3) is 4.90. The topological polar surface area (TPSA) is 51.5 Å². The highest BCUT2D eigenvalue weighted by Crippen LogP contribution is 2.39. The van der Waals surface area contributed by atoms with Crippen LogP contribution in [0, 0.1) is 0 Å². The normalized spacial score (nSPS) is 11.2. The molecule has 4 aromatic carbocycles. The molecule has 0 saturated carbocycles. The van der Waals surface area contributed by atoms with Gasteiger partial charge in [-0.25, -0.2) is 4.79 Å². The van der Waals surface area contributed by atoms with E-state index >= 15 is 0 Å². The van der Waals surface area contributed by atoms with Gasteiger partial charge in [-0.2, -0.15) is 0 Å². The van der Waals surface area contributed by atoms with Gasteiger partial charge in [-0.1, -0.05) is 72.3 Å². The molecule has 6 heteroatoms. The van der Waals surface area contributed by atoms with Gasteiger partial charge in [0.2, 0.25) is 0 Å². The SMILES string of the molecule is O=C(O)c1ccc(OCCc2c(Br)n(C(c3ccccc3)c3ccccc3)c3ccc(Cl)cc23)cc1. The number of hydrogen-bond donors (Lipinski definition) is 1. The monoisotopic (exact) mass is 559 g/mol. The van der Waals surface area contributed by atoms with Crippen molar-refractivity contribution >= 4 is 44.4 Å². The van der Waals surface area contributed by atoms with Crippen LogP contribution in [0.15, 0.2) is 108 Å². The number of fused-ring (bicyclic) bond motifs is 1. The molecule has 4 nitrogen and oxygen atoms in total. The van der Waals surface area contributed by atoms with E-state index in [1.54, 1.807) is 24.3 Å². The Labute approximate surface area is 222 Å². The number of ether oxygens (including phenoxy) is 1. The number of carboxylic acid groups (broad SMARTS) is 1. The standard InChI is InChI=1S/C30H23BrClNO3/c31-29-25(17-18-36-24-14-11-22(12-15-24)30(34)35)26-19-23(32)13-16-27(26)33(29)28(20-7-3-1-4-8-20)21-9-5-2-6-10-21/h1-16,19,28H,17-18H2,(H,34,35). The number of carbonyl (C=O) groups is 1. The fraction of sp³-hybridized carbons (Fsp3) is 0.100. The average molecular weight is 561 g/mol. The number of nitrogens with zero attached hydrogens (tertiary/aromatic N) is 1. The van der Waals surface area contributed by atoms with Crippen LogP contribution in [0.3, 0.4) is 0 Å². The minimum absolute atomic E-state index is 0.0383. The van der Waals surface area contributed by atoms with E-state index in [-0.39, 0.29) is 11.6 Å². The van der Waals surface area contributed by atoms with Crippen molar-refractivity contribution in [1.82, 2.24) is 4.57 Å². The van der Waals surface area contributed by atoms with Gasteiger partial charge in [0.1, 0.15) is 5.75 Å². The highest BCUT2D eigenvalue weighted by molar-refractivity contribution is 9.10. The maximum absolute atomic E-state index is 11.1. The van der Waals surface area contributed by atoms with Gasteiger partial charge >= 0.3 is 5.97 Å². The molecule has 0 saturated heterocycles. The zero-order valence-electron chi connectivity index (χ0n) is 19.3. The molecule has 180 valence electrons. The van der Waals surface area contributed by atoms with Crippen molar-refractivity contribution in [2.24, 2.45) is 0 Å². The van der Waals surface area contributed by atoms with Crippen molar-refractivity contribution in [3.05, 3.63) is 135 Å². The van der Waals surface area contributed by atoms with Crippen LogP contribution in [0.4, 0.5) is 0 Å². The highest BCUT2D eigenvalue weighted by Gasteiger charge is 2.24. The molecule has 0 fully saturated rings. The molecule has 36 heavy (non-hydrogen) atoms. The number of halogens is 2. The van der Waals surface area contributed by atoms with E-state index in [9.17, 15) is 4.79 Å². The number of carboxylic acids is 1. The minimum Gasteiger partial charge on any atom is -0.493 e. The van der Waals surface area contributed by atoms with E-state index in [0.717, 1.165) is 21.1 Å². The van der Waals surface area contributed by atoms with Crippen molar-refractivity contribution in [3.8, 4) is 5.75 Å². The molecule has 1 heterocycles. The summed E-state index contributed by atoms with van der Waals surface area (Å²) in [6, 6.07) is 33.3. The Hall–Kier alpha value is -3.54. The van der Waals surface area contributed by atoms with Crippen LogP contribution in [-0.2, 0) is 6.42 Å². The Morgan fingerprint density at radius 1 is 0.889 bits per heavy atom. The Morgan fingerprint density at radius 3 is 2.08 bits per heavy atom. The van der Waals surface area contributed by atoms with Crippen LogP contribution in [0.2, 0.25) is 5.02 Å². The lowest BCUT2D eigenvalue weighted by Gasteiger charge is -2.23. The lowest BCUT2D eigenvalue weighted by Crippen LogP contribution is -2.13. The first-order chi connectivity index (χ1) is 17.5. The lowest BCUT2D eigenvalue weighted by atomic mass is 9.98. The Morgan fingerprint density at radius 2 is 1.50 bits per heavy atom. The smallest absolute Gasteiger partial charge is 0.335 e. The van der Waals surface area contributed by atoms with Crippen molar-refractivity contribution in [2.45, 2.75) is 12.5 Å². The first kappa shape index (κ1) is 24.2. The molecule has 0 aliphatic carbocycles. The second-order valence-electron chi connectivity index (χ2n) is 8.45. The van der Waals surface area contributed by atoms with E-state index in [2.05, 4.69) is 75.1 Å². The molecule has 5 rings (SSSR count). The molecule has 5 aromatic rings. The Bertz CT molecular complexity index is 1460. The number of rotatable bonds is 8. The Balaban J connectivity index is 1.54. The summed E-state index contributed by atoms with van der Waals surface area (Å²) in [5.41, 5.74) is 4.77. The van der Waals surface area contributed by atoms with Gasteiger partial charge in [0.05, 0.1) is 28.3 Å². The summed E-state index contributed by atoms with van der Waals surface area (Å²) in [7, 11) is 0. The van der Waals surface area contributed by atoms with Gasteiger partial charge < -0.3 is 14.4 Å². The quantitative estimate of drug-likeness (QED) is 0.209. The van der Waals surface area contributed by atoms with Crippen LogP contribution < -0.4 is 4.74 Å². The molecule has 0 aliphatic rings. The summed E-state index contributed by atoms with van der Waals surface area (Å²) >= 11 is 10.4. The highest BCUT2D eigenvalue weighted by atomic mass is 79.9. The van der Waals surface area contributed by atoms with Crippen molar-refractivity contribution in [2.75, 3.05) is 6.61 Å². The van der Waals surface area contributed by atoms with Crippen molar-refractivity contribution in [3.63, 3.8) is 0 Å². The van der Waals surface area contributed by atoms with Crippen LogP contribution in [0.1, 0.15) is 33.1 Å². The van der Waals surface area contributed by atoms with Gasteiger partial charge in [0, 0.05) is 16.8 Å². The summed E-state index contributed by atoms with van der Waals surface area (Å²) in [6.45, 7) is 0.429. The van der Waals surface area contributed by atoms with Gasteiger partial charge in [0.15, 0.2) is 0 Å². The number of hydrogen-bond acceptors (Lipinski definition) is 2. The van der Waals surface area contributed by atoms with Gasteiger partial charge in [-0.05, 0) is 75.1 Å². The molecule has 0 unspecified atom stereocenters. The molecule has 0 atom stereocenters. The molecule has 1 N–H and O–H groups in total. The summed E-state index contributed by atoms with van der Waals surface area (Å²) in [5.74, 6) is -0.328. The molecule has 0 radical (unpaired) electrons. The van der Waals surface area contributed by atoms with Gasteiger partial charge in [0.25, 0.3) is 0 Å². The van der Waals surface area contributed by atoms with E-state index in [1.807, 2.05) is 24.3 Å². The first-order valence-electron chi connectivity index (χ1n) is 11.6. The van der Waals surface area contributed by atoms with E-state index < -0.39 is 5.97 Å². The second kappa shape index (κ2) is 10.6. The fourth-order valence-electron chi connectivity index (χ4n) is 4.54. The molecular weight excluding hydrogens is 538 g/mol. The van der Waals surface area contributed by atoms with Gasteiger partial charge in [-0.15, -0.1) is 0 Å². The van der Waals surface area contributed by atoms with E-state index in [0.29, 0.717) is 23.8 Å². The minimum atomic E-state index is -0.957. The van der Waals surface area contributed by atoms with Crippen LogP contribution in [0.25, 0.3) is 10.9 Å². The van der Waals surface area contributed by atoms with Crippen LogP contribution in [0.5, 0.6) is 5.75 Å². The summed E-state index contributed by atoms with van der Waals surface area (Å²) in [6.07, 6.45) is 0.640. The zero-order chi connectivity index (χ0) is 25.1. The number of benzene rings is 4. The fourth-order valence-corrected chi connectivity index (χ4v) is 5.52. The van der Waals surface area contributed by atoms with Crippen LogP contribution >= 0.6 is 27.5 Å². The summed E-state index contributed by atoms with van der Waals surface area (Å²) in [4.78, 5) is 11.1. The third-order valence-electron chi connectivity index (χ3n) is 6.21. The van der Waals surface area contributed by atoms with Crippen molar-refractivity contribution < 1.29 is 14.6 Å². The maximum Gasteiger partial charge on any atom is 0.335 e. The molecule has 0 aliphatic heterocycles. The number of aromatic nitrogens is 1. The van der Waals surface area contributed by atoms with Gasteiger partial charge in [-0.3, -0.25) is 0 Å². The molecule has 0 spiro atoms. The maximum atomic E-state index is 11.1. The first-order valence-corrected chi connectivity index (χ1v) is 12.7. The Kier molecular flexibility index (Phi) is 7.12. The van der Waals surface area contributed by atoms with E-state index in [4.69, 9.17) is 21.4 Å². The molecule has 0 amide bonds.